The number of rotatable bonds is 14. The Balaban J connectivity index is 1.21. The molecule has 2 fully saturated rings. The summed E-state index contributed by atoms with van der Waals surface area (Å²) in [4.78, 5) is 62.7. The van der Waals surface area contributed by atoms with Gasteiger partial charge in [0.1, 0.15) is 12.1 Å². The van der Waals surface area contributed by atoms with Gasteiger partial charge in [-0.1, -0.05) is 77.6 Å². The van der Waals surface area contributed by atoms with Crippen molar-refractivity contribution in [1.82, 2.24) is 20.6 Å². The van der Waals surface area contributed by atoms with Gasteiger partial charge in [-0.2, -0.15) is 0 Å². The molecule has 1 aliphatic carbocycles. The van der Waals surface area contributed by atoms with Crippen LogP contribution in [0.15, 0.2) is 48.8 Å². The third-order valence-corrected chi connectivity index (χ3v) is 12.1. The minimum absolute atomic E-state index is 0.0463. The van der Waals surface area contributed by atoms with Crippen molar-refractivity contribution in [2.45, 2.75) is 109 Å². The second-order valence-electron chi connectivity index (χ2n) is 15.5. The van der Waals surface area contributed by atoms with Crippen LogP contribution in [0.25, 0.3) is 11.4 Å². The smallest absolute Gasteiger partial charge is 0.326 e. The van der Waals surface area contributed by atoms with E-state index in [1.807, 2.05) is 63.5 Å². The lowest BCUT2D eigenvalue weighted by molar-refractivity contribution is -0.147. The number of carboxylic acids is 2. The number of piperidine rings is 1. The maximum atomic E-state index is 13.4. The topological polar surface area (TPSA) is 162 Å². The number of hydrogen-bond donors (Lipinski definition) is 4. The highest BCUT2D eigenvalue weighted by Gasteiger charge is 2.31. The van der Waals surface area contributed by atoms with Crippen molar-refractivity contribution < 1.29 is 29.4 Å². The molecule has 2 atom stereocenters. The summed E-state index contributed by atoms with van der Waals surface area (Å²) >= 11 is 1.32. The number of carboxylic acid groups (broad SMARTS) is 2. The van der Waals surface area contributed by atoms with Crippen molar-refractivity contribution in [3.8, 4) is 11.4 Å². The summed E-state index contributed by atoms with van der Waals surface area (Å²) in [6, 6.07) is 8.08. The third-order valence-electron chi connectivity index (χ3n) is 10.6. The van der Waals surface area contributed by atoms with Crippen molar-refractivity contribution in [2.24, 2.45) is 17.8 Å². The predicted octanol–water partition coefficient (Wildman–Crippen LogP) is 6.71. The van der Waals surface area contributed by atoms with E-state index in [-0.39, 0.29) is 11.8 Å². The average Bonchev–Trinajstić information content (AvgIpc) is 3.64. The lowest BCUT2D eigenvalue weighted by atomic mass is 9.72. The second-order valence-corrected chi connectivity index (χ2v) is 16.6. The lowest BCUT2D eigenvalue weighted by Crippen LogP contribution is -2.52. The van der Waals surface area contributed by atoms with E-state index in [1.54, 1.807) is 6.07 Å². The molecule has 0 radical (unpaired) electrons. The Morgan fingerprint density at radius 1 is 0.865 bits per heavy atom. The van der Waals surface area contributed by atoms with Crippen LogP contribution in [0.5, 0.6) is 0 Å². The summed E-state index contributed by atoms with van der Waals surface area (Å²) < 4.78 is 0. The lowest BCUT2D eigenvalue weighted by Gasteiger charge is -2.39. The zero-order valence-electron chi connectivity index (χ0n) is 30.8. The Labute approximate surface area is 310 Å². The molecule has 280 valence electrons. The van der Waals surface area contributed by atoms with Crippen molar-refractivity contribution in [3.05, 3.63) is 64.1 Å². The van der Waals surface area contributed by atoms with Crippen molar-refractivity contribution in [2.75, 3.05) is 18.0 Å². The Morgan fingerprint density at radius 2 is 1.50 bits per heavy atom. The molecule has 5 rings (SSSR count). The molecule has 1 aliphatic heterocycles. The Bertz CT molecular complexity index is 1670. The number of aliphatic carboxylic acids is 2. The number of thiophene rings is 1. The molecule has 3 aromatic rings. The van der Waals surface area contributed by atoms with Crippen LogP contribution < -0.4 is 15.5 Å². The highest BCUT2D eigenvalue weighted by Crippen LogP contribution is 2.39. The molecule has 2 amide bonds. The van der Waals surface area contributed by atoms with E-state index in [0.717, 1.165) is 47.0 Å². The van der Waals surface area contributed by atoms with Crippen molar-refractivity contribution >= 4 is 40.8 Å². The van der Waals surface area contributed by atoms with E-state index in [2.05, 4.69) is 32.4 Å². The molecule has 3 heterocycles. The summed E-state index contributed by atoms with van der Waals surface area (Å²) in [5.41, 5.74) is 2.35. The molecule has 0 unspecified atom stereocenters. The maximum Gasteiger partial charge on any atom is 0.326 e. The first-order chi connectivity index (χ1) is 24.8. The molecule has 0 spiro atoms. The highest BCUT2D eigenvalue weighted by molar-refractivity contribution is 7.14. The van der Waals surface area contributed by atoms with Crippen LogP contribution in [-0.4, -0.2) is 69.1 Å². The number of nitrogens with zero attached hydrogens (tertiary/aromatic N) is 3. The Hall–Kier alpha value is -4.32. The maximum absolute atomic E-state index is 13.4. The molecule has 4 N–H and O–H groups in total. The zero-order valence-corrected chi connectivity index (χ0v) is 31.6. The first-order valence-electron chi connectivity index (χ1n) is 18.6. The Kier molecular flexibility index (Phi) is 13.1. The fraction of sp³-hybridized carbons (Fsp3) is 0.550. The van der Waals surface area contributed by atoms with Gasteiger partial charge in [-0.05, 0) is 66.5 Å². The number of carbonyl (C=O) groups excluding carboxylic acids is 2. The van der Waals surface area contributed by atoms with Crippen LogP contribution in [-0.2, 0) is 26.2 Å². The molecule has 11 nitrogen and oxygen atoms in total. The van der Waals surface area contributed by atoms with Gasteiger partial charge in [0.15, 0.2) is 5.82 Å². The molecule has 52 heavy (non-hydrogen) atoms. The zero-order chi connectivity index (χ0) is 37.4. The number of aromatic nitrogens is 2. The molecular weight excluding hydrogens is 679 g/mol. The number of anilines is 1. The fourth-order valence-corrected chi connectivity index (χ4v) is 8.56. The van der Waals surface area contributed by atoms with E-state index in [0.29, 0.717) is 16.3 Å². The number of nitrogens with one attached hydrogen (secondary N) is 2. The quantitative estimate of drug-likeness (QED) is 0.141. The minimum Gasteiger partial charge on any atom is -0.481 e. The summed E-state index contributed by atoms with van der Waals surface area (Å²) in [7, 11) is 0. The fourth-order valence-electron chi connectivity index (χ4n) is 7.59. The van der Waals surface area contributed by atoms with Gasteiger partial charge in [-0.25, -0.2) is 14.8 Å². The normalized spacial score (nSPS) is 19.4. The molecule has 1 aromatic carbocycles. The van der Waals surface area contributed by atoms with Crippen LogP contribution in [0.3, 0.4) is 0 Å². The van der Waals surface area contributed by atoms with Gasteiger partial charge >= 0.3 is 11.9 Å². The first-order valence-corrected chi connectivity index (χ1v) is 19.4. The SMILES string of the molecule is CCCC1CCC(C2CCN(c3cnc(-c4ccc(C[C@H](NC(=O)c5ccc(C(C)(C)C)s5)C(=O)N[C@@H](CC(=O)O)C(=O)O)cc4)nc3)CC2)CC1. The van der Waals surface area contributed by atoms with Crippen LogP contribution in [0.1, 0.15) is 106 Å². The van der Waals surface area contributed by atoms with Gasteiger partial charge in [0, 0.05) is 30.0 Å². The number of benzene rings is 1. The number of carbonyl (C=O) groups is 4. The molecule has 2 aliphatic rings. The van der Waals surface area contributed by atoms with Crippen LogP contribution in [0.2, 0.25) is 0 Å². The highest BCUT2D eigenvalue weighted by atomic mass is 32.1. The molecule has 2 aromatic heterocycles. The molecular formula is C40H53N5O6S. The van der Waals surface area contributed by atoms with Gasteiger partial charge in [0.05, 0.1) is 29.4 Å². The van der Waals surface area contributed by atoms with E-state index in [4.69, 9.17) is 5.11 Å². The predicted molar refractivity (Wildman–Crippen MR) is 203 cm³/mol. The van der Waals surface area contributed by atoms with Gasteiger partial charge in [0.25, 0.3) is 5.91 Å². The summed E-state index contributed by atoms with van der Waals surface area (Å²) in [5.74, 6) is -0.914. The Morgan fingerprint density at radius 3 is 2.06 bits per heavy atom. The third kappa shape index (κ3) is 10.4. The van der Waals surface area contributed by atoms with E-state index in [9.17, 15) is 24.3 Å². The standard InChI is InChI=1S/C40H53N5O6S/c1-5-6-25-7-11-27(12-8-25)28-17-19-45(20-18-28)30-23-41-36(42-24-30)29-13-9-26(10-14-29)21-31(37(48)44-32(39(50)51)22-35(46)47)43-38(49)33-15-16-34(52-33)40(2,3)4/h9-10,13-16,23-25,27-28,31-32H,5-8,11-12,17-22H2,1-4H3,(H,43,49)(H,44,48)(H,46,47)(H,50,51)/t25?,27?,31-,32-/m0/s1. The number of hydrogen-bond acceptors (Lipinski definition) is 8. The first kappa shape index (κ1) is 38.9. The van der Waals surface area contributed by atoms with Gasteiger partial charge < -0.3 is 25.7 Å². The minimum atomic E-state index is -1.65. The van der Waals surface area contributed by atoms with E-state index < -0.39 is 42.3 Å². The molecule has 0 bridgehead atoms. The summed E-state index contributed by atoms with van der Waals surface area (Å²) in [6.45, 7) is 10.5. The molecule has 1 saturated carbocycles. The summed E-state index contributed by atoms with van der Waals surface area (Å²) in [6.07, 6.45) is 13.7. The van der Waals surface area contributed by atoms with E-state index in [1.165, 1.54) is 62.7 Å². The van der Waals surface area contributed by atoms with Gasteiger partial charge in [-0.15, -0.1) is 11.3 Å². The van der Waals surface area contributed by atoms with Crippen LogP contribution >= 0.6 is 11.3 Å². The van der Waals surface area contributed by atoms with E-state index >= 15 is 0 Å². The van der Waals surface area contributed by atoms with Gasteiger partial charge in [0.2, 0.25) is 5.91 Å². The van der Waals surface area contributed by atoms with Crippen LogP contribution in [0, 0.1) is 17.8 Å². The summed E-state index contributed by atoms with van der Waals surface area (Å²) in [5, 5.41) is 23.7. The second kappa shape index (κ2) is 17.5. The van der Waals surface area contributed by atoms with Gasteiger partial charge in [-0.3, -0.25) is 14.4 Å². The van der Waals surface area contributed by atoms with Crippen molar-refractivity contribution in [1.29, 1.82) is 0 Å². The largest absolute Gasteiger partial charge is 0.481 e. The van der Waals surface area contributed by atoms with Crippen molar-refractivity contribution in [3.63, 3.8) is 0 Å². The van der Waals surface area contributed by atoms with Crippen LogP contribution in [0.4, 0.5) is 5.69 Å². The average molecular weight is 732 g/mol. The number of amides is 2. The monoisotopic (exact) mass is 731 g/mol. The molecule has 12 heteroatoms. The molecule has 1 saturated heterocycles.